The Bertz CT molecular complexity index is 446. The average molecular weight is 246 g/mol. The maximum Gasteiger partial charge on any atom is 0.419 e. The van der Waals surface area contributed by atoms with E-state index in [1.165, 1.54) is 12.1 Å². The normalized spacial score (nSPS) is 12.6. The number of carbonyl (C=O) groups excluding carboxylic acids is 1. The van der Waals surface area contributed by atoms with Crippen LogP contribution in [0.5, 0.6) is 0 Å². The van der Waals surface area contributed by atoms with Gasteiger partial charge in [0.2, 0.25) is 0 Å². The van der Waals surface area contributed by atoms with Crippen LogP contribution < -0.4 is 0 Å². The molecule has 92 valence electrons. The molecule has 0 unspecified atom stereocenters. The van der Waals surface area contributed by atoms with Gasteiger partial charge in [-0.05, 0) is 35.8 Å². The summed E-state index contributed by atoms with van der Waals surface area (Å²) in [6, 6.07) is 2.63. The van der Waals surface area contributed by atoms with Crippen LogP contribution in [0.4, 0.5) is 17.6 Å². The van der Waals surface area contributed by atoms with E-state index in [1.807, 2.05) is 0 Å². The van der Waals surface area contributed by atoms with Gasteiger partial charge in [-0.25, -0.2) is 4.39 Å². The summed E-state index contributed by atoms with van der Waals surface area (Å²) in [5.74, 6) is -1.32. The van der Waals surface area contributed by atoms with Crippen LogP contribution >= 0.6 is 0 Å². The molecule has 5 heteroatoms. The van der Waals surface area contributed by atoms with Crippen molar-refractivity contribution in [1.82, 2.24) is 0 Å². The zero-order valence-corrected chi connectivity index (χ0v) is 9.01. The molecule has 0 aliphatic rings. The Morgan fingerprint density at radius 1 is 1.35 bits per heavy atom. The number of hydrogen-bond donors (Lipinski definition) is 0. The van der Waals surface area contributed by atoms with Gasteiger partial charge in [0.15, 0.2) is 0 Å². The number of benzene rings is 1. The molecular formula is C12H10F4O. The topological polar surface area (TPSA) is 17.1 Å². The second-order valence-corrected chi connectivity index (χ2v) is 3.43. The predicted molar refractivity (Wildman–Crippen MR) is 55.7 cm³/mol. The van der Waals surface area contributed by atoms with Gasteiger partial charge in [-0.15, -0.1) is 0 Å². The summed E-state index contributed by atoms with van der Waals surface area (Å²) in [7, 11) is 0. The summed E-state index contributed by atoms with van der Waals surface area (Å²) >= 11 is 0. The first-order chi connectivity index (χ1) is 7.88. The van der Waals surface area contributed by atoms with Crippen molar-refractivity contribution in [3.63, 3.8) is 0 Å². The van der Waals surface area contributed by atoms with Crippen molar-refractivity contribution in [2.24, 2.45) is 0 Å². The lowest BCUT2D eigenvalue weighted by molar-refractivity contribution is -0.140. The number of rotatable bonds is 3. The molecule has 0 fully saturated rings. The van der Waals surface area contributed by atoms with Crippen LogP contribution in [0.15, 0.2) is 23.8 Å². The molecule has 0 heterocycles. The Morgan fingerprint density at radius 3 is 2.47 bits per heavy atom. The molecule has 0 saturated heterocycles. The second kappa shape index (κ2) is 5.12. The van der Waals surface area contributed by atoms with Gasteiger partial charge < -0.3 is 0 Å². The molecule has 0 amide bonds. The first-order valence-electron chi connectivity index (χ1n) is 4.91. The van der Waals surface area contributed by atoms with Crippen LogP contribution in [0.1, 0.15) is 24.5 Å². The van der Waals surface area contributed by atoms with Crippen molar-refractivity contribution >= 4 is 12.4 Å². The highest BCUT2D eigenvalue weighted by Crippen LogP contribution is 2.32. The number of alkyl halides is 3. The second-order valence-electron chi connectivity index (χ2n) is 3.43. The van der Waals surface area contributed by atoms with E-state index in [1.54, 1.807) is 6.92 Å². The molecule has 0 radical (unpaired) electrons. The van der Waals surface area contributed by atoms with Gasteiger partial charge in [-0.2, -0.15) is 13.2 Å². The highest BCUT2D eigenvalue weighted by Gasteiger charge is 2.33. The lowest BCUT2D eigenvalue weighted by Crippen LogP contribution is -2.08. The molecule has 1 aromatic carbocycles. The van der Waals surface area contributed by atoms with E-state index in [4.69, 9.17) is 0 Å². The van der Waals surface area contributed by atoms with E-state index in [-0.39, 0.29) is 5.56 Å². The van der Waals surface area contributed by atoms with Crippen LogP contribution in [0, 0.1) is 5.82 Å². The Kier molecular flexibility index (Phi) is 4.04. The third-order valence-corrected chi connectivity index (χ3v) is 2.21. The molecule has 0 N–H and O–H groups in total. The zero-order valence-electron chi connectivity index (χ0n) is 9.01. The fourth-order valence-corrected chi connectivity index (χ4v) is 1.28. The SMILES string of the molecule is CC/C(C=O)=C/c1ccc(F)c(C(F)(F)F)c1. The quantitative estimate of drug-likeness (QED) is 0.450. The summed E-state index contributed by atoms with van der Waals surface area (Å²) in [6.07, 6.45) is -2.46. The van der Waals surface area contributed by atoms with Crippen LogP contribution in [0.3, 0.4) is 0 Å². The molecule has 17 heavy (non-hydrogen) atoms. The minimum Gasteiger partial charge on any atom is -0.298 e. The summed E-state index contributed by atoms with van der Waals surface area (Å²) in [5.41, 5.74) is -0.819. The van der Waals surface area contributed by atoms with Gasteiger partial charge >= 0.3 is 6.18 Å². The highest BCUT2D eigenvalue weighted by atomic mass is 19.4. The predicted octanol–water partition coefficient (Wildman–Crippen LogP) is 3.84. The Morgan fingerprint density at radius 2 is 2.00 bits per heavy atom. The summed E-state index contributed by atoms with van der Waals surface area (Å²) in [5, 5.41) is 0. The van der Waals surface area contributed by atoms with E-state index in [9.17, 15) is 22.4 Å². The van der Waals surface area contributed by atoms with E-state index in [0.29, 0.717) is 24.3 Å². The zero-order chi connectivity index (χ0) is 13.1. The molecule has 1 nitrogen and oxygen atoms in total. The van der Waals surface area contributed by atoms with E-state index >= 15 is 0 Å². The molecule has 0 aliphatic carbocycles. The van der Waals surface area contributed by atoms with Crippen molar-refractivity contribution in [2.45, 2.75) is 19.5 Å². The maximum absolute atomic E-state index is 13.0. The van der Waals surface area contributed by atoms with Crippen LogP contribution in [0.2, 0.25) is 0 Å². The number of hydrogen-bond acceptors (Lipinski definition) is 1. The first kappa shape index (κ1) is 13.4. The lowest BCUT2D eigenvalue weighted by atomic mass is 10.1. The lowest BCUT2D eigenvalue weighted by Gasteiger charge is -2.08. The highest BCUT2D eigenvalue weighted by molar-refractivity contribution is 5.81. The van der Waals surface area contributed by atoms with Gasteiger partial charge in [0.25, 0.3) is 0 Å². The fourth-order valence-electron chi connectivity index (χ4n) is 1.28. The van der Waals surface area contributed by atoms with E-state index in [0.717, 1.165) is 6.07 Å². The standard InChI is InChI=1S/C12H10F4O/c1-2-8(7-17)5-9-3-4-11(13)10(6-9)12(14,15)16/h3-7H,2H2,1H3/b8-5-. The summed E-state index contributed by atoms with van der Waals surface area (Å²) in [6.45, 7) is 1.70. The van der Waals surface area contributed by atoms with Crippen molar-refractivity contribution in [3.05, 3.63) is 40.7 Å². The Balaban J connectivity index is 3.22. The Labute approximate surface area is 95.8 Å². The molecular weight excluding hydrogens is 236 g/mol. The largest absolute Gasteiger partial charge is 0.419 e. The van der Waals surface area contributed by atoms with Crippen molar-refractivity contribution in [3.8, 4) is 0 Å². The van der Waals surface area contributed by atoms with Gasteiger partial charge in [0, 0.05) is 0 Å². The number of allylic oxidation sites excluding steroid dienone is 1. The van der Waals surface area contributed by atoms with Gasteiger partial charge in [0.1, 0.15) is 12.1 Å². The molecule has 0 spiro atoms. The molecule has 0 saturated carbocycles. The monoisotopic (exact) mass is 246 g/mol. The maximum atomic E-state index is 13.0. The van der Waals surface area contributed by atoms with Crippen molar-refractivity contribution in [2.75, 3.05) is 0 Å². The Hall–Kier alpha value is -1.65. The number of carbonyl (C=O) groups is 1. The van der Waals surface area contributed by atoms with E-state index < -0.39 is 17.6 Å². The van der Waals surface area contributed by atoms with Crippen molar-refractivity contribution in [1.29, 1.82) is 0 Å². The van der Waals surface area contributed by atoms with Gasteiger partial charge in [-0.1, -0.05) is 13.0 Å². The van der Waals surface area contributed by atoms with Crippen LogP contribution in [-0.4, -0.2) is 6.29 Å². The van der Waals surface area contributed by atoms with Gasteiger partial charge in [-0.3, -0.25) is 4.79 Å². The third kappa shape index (κ3) is 3.41. The third-order valence-electron chi connectivity index (χ3n) is 2.21. The minimum atomic E-state index is -4.73. The fraction of sp³-hybridized carbons (Fsp3) is 0.250. The number of halogens is 4. The molecule has 1 rings (SSSR count). The average Bonchev–Trinajstić information content (AvgIpc) is 2.26. The van der Waals surface area contributed by atoms with E-state index in [2.05, 4.69) is 0 Å². The van der Waals surface area contributed by atoms with Gasteiger partial charge in [0.05, 0.1) is 5.56 Å². The smallest absolute Gasteiger partial charge is 0.298 e. The minimum absolute atomic E-state index is 0.155. The molecule has 0 bridgehead atoms. The van der Waals surface area contributed by atoms with Crippen LogP contribution in [0.25, 0.3) is 6.08 Å². The van der Waals surface area contributed by atoms with Crippen LogP contribution in [-0.2, 0) is 11.0 Å². The molecule has 0 aromatic heterocycles. The molecule has 0 atom stereocenters. The summed E-state index contributed by atoms with van der Waals surface area (Å²) < 4.78 is 50.2. The summed E-state index contributed by atoms with van der Waals surface area (Å²) in [4.78, 5) is 10.5. The van der Waals surface area contributed by atoms with Crippen molar-refractivity contribution < 1.29 is 22.4 Å². The molecule has 1 aromatic rings. The first-order valence-corrected chi connectivity index (χ1v) is 4.91. The molecule has 0 aliphatic heterocycles. The number of aldehydes is 1.